The van der Waals surface area contributed by atoms with Crippen LogP contribution in [0.25, 0.3) is 11.1 Å². The molecule has 10 heteroatoms. The van der Waals surface area contributed by atoms with Crippen molar-refractivity contribution in [3.8, 4) is 34.1 Å². The van der Waals surface area contributed by atoms with Crippen LogP contribution in [0.2, 0.25) is 0 Å². The summed E-state index contributed by atoms with van der Waals surface area (Å²) in [4.78, 5) is 48.4. The Balaban J connectivity index is 1.06. The molecule has 0 amide bonds. The second kappa shape index (κ2) is 21.4. The predicted molar refractivity (Wildman–Crippen MR) is 222 cm³/mol. The van der Waals surface area contributed by atoms with Gasteiger partial charge in [-0.2, -0.15) is 0 Å². The molecule has 2 atom stereocenters. The molecule has 0 spiro atoms. The molecule has 0 aliphatic heterocycles. The molecule has 304 valence electrons. The van der Waals surface area contributed by atoms with E-state index < -0.39 is 23.9 Å². The minimum atomic E-state index is -0.471. The van der Waals surface area contributed by atoms with Gasteiger partial charge in [-0.1, -0.05) is 46.1 Å². The second-order valence-corrected chi connectivity index (χ2v) is 14.6. The molecular formula is C48H52O10. The summed E-state index contributed by atoms with van der Waals surface area (Å²) in [6.45, 7) is 14.9. The fourth-order valence-corrected chi connectivity index (χ4v) is 6.66. The Bertz CT molecular complexity index is 1900. The van der Waals surface area contributed by atoms with Crippen LogP contribution in [0.5, 0.6) is 23.0 Å². The topological polar surface area (TPSA) is 124 Å². The van der Waals surface area contributed by atoms with Crippen LogP contribution in [0.4, 0.5) is 0 Å². The van der Waals surface area contributed by atoms with E-state index in [2.05, 4.69) is 33.9 Å². The molecule has 10 nitrogen and oxygen atoms in total. The molecule has 0 N–H and O–H groups in total. The van der Waals surface area contributed by atoms with E-state index in [1.807, 2.05) is 24.3 Å². The lowest BCUT2D eigenvalue weighted by molar-refractivity contribution is -0.138. The number of hydrogen-bond donors (Lipinski definition) is 0. The molecule has 4 aromatic rings. The van der Waals surface area contributed by atoms with Gasteiger partial charge in [0.05, 0.1) is 37.6 Å². The van der Waals surface area contributed by atoms with E-state index in [0.29, 0.717) is 72.4 Å². The molecule has 0 aromatic heterocycles. The van der Waals surface area contributed by atoms with Gasteiger partial charge < -0.3 is 28.4 Å². The number of carbonyl (C=O) groups is 4. The third-order valence-electron chi connectivity index (χ3n) is 10.1. The average Bonchev–Trinajstić information content (AvgIpc) is 3.50. The van der Waals surface area contributed by atoms with Crippen LogP contribution in [0.15, 0.2) is 110 Å². The maximum Gasteiger partial charge on any atom is 0.343 e. The molecule has 4 aromatic carbocycles. The Kier molecular flexibility index (Phi) is 15.8. The Morgan fingerprint density at radius 3 is 1.31 bits per heavy atom. The lowest BCUT2D eigenvalue weighted by atomic mass is 9.99. The molecule has 0 heterocycles. The highest BCUT2D eigenvalue weighted by atomic mass is 16.5. The zero-order chi connectivity index (χ0) is 41.4. The maximum absolute atomic E-state index is 13.1. The number of ether oxygens (including phenoxy) is 6. The van der Waals surface area contributed by atoms with Gasteiger partial charge in [-0.05, 0) is 145 Å². The predicted octanol–water partition coefficient (Wildman–Crippen LogP) is 10.1. The van der Waals surface area contributed by atoms with E-state index in [9.17, 15) is 19.2 Å². The van der Waals surface area contributed by atoms with Gasteiger partial charge >= 0.3 is 23.9 Å². The smallest absolute Gasteiger partial charge is 0.343 e. The standard InChI is InChI=1S/C48H52O10/c1-6-45(49)55-26-8-10-32(3)24-28-53-37-16-12-35(13-17-37)47(51)57-39-20-22-41-42-23-21-40(31-44(42)34(5)43(41)30-39)58-48(52)36-14-18-38(19-15-36)54-29-25-33(4)11-9-27-56-46(50)7-2/h6-7,12-23,30-34H,1-2,8-11,24-29H2,3-5H3. The van der Waals surface area contributed by atoms with Gasteiger partial charge in [-0.3, -0.25) is 0 Å². The minimum absolute atomic E-state index is 0.0230. The molecule has 0 saturated heterocycles. The molecule has 0 radical (unpaired) electrons. The maximum atomic E-state index is 13.1. The third-order valence-corrected chi connectivity index (χ3v) is 10.1. The van der Waals surface area contributed by atoms with Gasteiger partial charge in [0.15, 0.2) is 0 Å². The summed E-state index contributed by atoms with van der Waals surface area (Å²) in [6.07, 6.45) is 7.42. The van der Waals surface area contributed by atoms with E-state index in [1.54, 1.807) is 60.7 Å². The van der Waals surface area contributed by atoms with Gasteiger partial charge in [0.1, 0.15) is 23.0 Å². The summed E-state index contributed by atoms with van der Waals surface area (Å²) in [5.41, 5.74) is 4.90. The van der Waals surface area contributed by atoms with Crippen molar-refractivity contribution in [1.82, 2.24) is 0 Å². The SMILES string of the molecule is C=CC(=O)OCCCC(C)CCOc1ccc(C(=O)Oc2ccc3c(c2)C(C)c2cc(OC(=O)c4ccc(OCCC(C)CCCOC(=O)C=C)cc4)ccc2-3)cc1. The molecular weight excluding hydrogens is 737 g/mol. The van der Waals surface area contributed by atoms with Gasteiger partial charge in [0.25, 0.3) is 0 Å². The molecule has 5 rings (SSSR count). The second-order valence-electron chi connectivity index (χ2n) is 14.6. The zero-order valence-electron chi connectivity index (χ0n) is 33.5. The van der Waals surface area contributed by atoms with Crippen molar-refractivity contribution in [3.63, 3.8) is 0 Å². The molecule has 0 saturated carbocycles. The quantitative estimate of drug-likeness (QED) is 0.0329. The highest BCUT2D eigenvalue weighted by Gasteiger charge is 2.27. The van der Waals surface area contributed by atoms with Crippen molar-refractivity contribution in [3.05, 3.63) is 132 Å². The van der Waals surface area contributed by atoms with Crippen molar-refractivity contribution in [1.29, 1.82) is 0 Å². The summed E-state index contributed by atoms with van der Waals surface area (Å²) >= 11 is 0. The average molecular weight is 789 g/mol. The highest BCUT2D eigenvalue weighted by Crippen LogP contribution is 2.47. The van der Waals surface area contributed by atoms with Crippen LogP contribution in [-0.2, 0) is 19.1 Å². The first kappa shape index (κ1) is 43.0. The monoisotopic (exact) mass is 788 g/mol. The van der Waals surface area contributed by atoms with E-state index >= 15 is 0 Å². The van der Waals surface area contributed by atoms with E-state index in [4.69, 9.17) is 28.4 Å². The number of fused-ring (bicyclic) bond motifs is 3. The molecule has 0 fully saturated rings. The van der Waals surface area contributed by atoms with Crippen LogP contribution in [-0.4, -0.2) is 50.3 Å². The Hall–Kier alpha value is -6.16. The number of benzene rings is 4. The fraction of sp³-hybridized carbons (Fsp3) is 0.333. The van der Waals surface area contributed by atoms with Gasteiger partial charge in [-0.15, -0.1) is 0 Å². The van der Waals surface area contributed by atoms with Gasteiger partial charge in [-0.25, -0.2) is 19.2 Å². The number of esters is 4. The first-order valence-electron chi connectivity index (χ1n) is 19.8. The molecule has 0 bridgehead atoms. The van der Waals surface area contributed by atoms with E-state index in [0.717, 1.165) is 72.9 Å². The van der Waals surface area contributed by atoms with Gasteiger partial charge in [0, 0.05) is 18.1 Å². The van der Waals surface area contributed by atoms with Crippen molar-refractivity contribution in [2.45, 2.75) is 65.2 Å². The third kappa shape index (κ3) is 12.4. The van der Waals surface area contributed by atoms with Crippen LogP contribution < -0.4 is 18.9 Å². The van der Waals surface area contributed by atoms with Crippen molar-refractivity contribution in [2.75, 3.05) is 26.4 Å². The Morgan fingerprint density at radius 2 is 0.931 bits per heavy atom. The normalized spacial score (nSPS) is 13.5. The van der Waals surface area contributed by atoms with Crippen LogP contribution in [0.3, 0.4) is 0 Å². The first-order chi connectivity index (χ1) is 28.0. The van der Waals surface area contributed by atoms with Crippen LogP contribution in [0.1, 0.15) is 97.1 Å². The molecule has 58 heavy (non-hydrogen) atoms. The Morgan fingerprint density at radius 1 is 0.552 bits per heavy atom. The highest BCUT2D eigenvalue weighted by molar-refractivity contribution is 5.92. The lowest BCUT2D eigenvalue weighted by Gasteiger charge is -2.13. The first-order valence-corrected chi connectivity index (χ1v) is 19.8. The largest absolute Gasteiger partial charge is 0.494 e. The van der Waals surface area contributed by atoms with E-state index in [1.165, 1.54) is 0 Å². The van der Waals surface area contributed by atoms with Crippen molar-refractivity contribution in [2.24, 2.45) is 11.8 Å². The Labute approximate surface area is 340 Å². The summed E-state index contributed by atoms with van der Waals surface area (Å²) in [5.74, 6) is 1.24. The van der Waals surface area contributed by atoms with Crippen molar-refractivity contribution < 1.29 is 47.6 Å². The van der Waals surface area contributed by atoms with Crippen LogP contribution >= 0.6 is 0 Å². The van der Waals surface area contributed by atoms with Gasteiger partial charge in [0.2, 0.25) is 0 Å². The summed E-state index contributed by atoms with van der Waals surface area (Å²) < 4.78 is 33.4. The van der Waals surface area contributed by atoms with Crippen LogP contribution in [0, 0.1) is 11.8 Å². The number of rotatable bonds is 22. The van der Waals surface area contributed by atoms with E-state index in [-0.39, 0.29) is 5.92 Å². The lowest BCUT2D eigenvalue weighted by Crippen LogP contribution is -2.09. The number of hydrogen-bond acceptors (Lipinski definition) is 10. The minimum Gasteiger partial charge on any atom is -0.494 e. The molecule has 1 aliphatic carbocycles. The summed E-state index contributed by atoms with van der Waals surface area (Å²) in [6, 6.07) is 25.0. The zero-order valence-corrected chi connectivity index (χ0v) is 33.5. The summed E-state index contributed by atoms with van der Waals surface area (Å²) in [7, 11) is 0. The number of carbonyl (C=O) groups excluding carboxylic acids is 4. The fourth-order valence-electron chi connectivity index (χ4n) is 6.66. The molecule has 1 aliphatic rings. The molecule has 2 unspecified atom stereocenters. The van der Waals surface area contributed by atoms with Crippen molar-refractivity contribution >= 4 is 23.9 Å². The summed E-state index contributed by atoms with van der Waals surface area (Å²) in [5, 5.41) is 0.